The van der Waals surface area contributed by atoms with Gasteiger partial charge in [0, 0.05) is 6.61 Å². The second-order valence-corrected chi connectivity index (χ2v) is 6.26. The van der Waals surface area contributed by atoms with Crippen LogP contribution < -0.4 is 0 Å². The maximum absolute atomic E-state index is 11.8. The van der Waals surface area contributed by atoms with Gasteiger partial charge in [0.15, 0.2) is 6.29 Å². The van der Waals surface area contributed by atoms with E-state index in [0.29, 0.717) is 31.7 Å². The first-order chi connectivity index (χ1) is 9.34. The van der Waals surface area contributed by atoms with Crippen molar-refractivity contribution in [1.82, 2.24) is 0 Å². The quantitative estimate of drug-likeness (QED) is 0.507. The summed E-state index contributed by atoms with van der Waals surface area (Å²) in [5, 5.41) is 0. The van der Waals surface area contributed by atoms with E-state index in [4.69, 9.17) is 14.2 Å². The molecular weight excluding hydrogens is 256 g/mol. The highest BCUT2D eigenvalue weighted by Crippen LogP contribution is 2.54. The lowest BCUT2D eigenvalue weighted by molar-refractivity contribution is -0.180. The number of esters is 1. The highest BCUT2D eigenvalue weighted by atomic mass is 16.7. The van der Waals surface area contributed by atoms with Crippen molar-refractivity contribution >= 4 is 5.97 Å². The molecule has 118 valence electrons. The van der Waals surface area contributed by atoms with Crippen LogP contribution in [0.1, 0.15) is 48.0 Å². The van der Waals surface area contributed by atoms with Crippen molar-refractivity contribution in [1.29, 1.82) is 0 Å². The maximum Gasteiger partial charge on any atom is 0.308 e. The fraction of sp³-hybridized carbons (Fsp3) is 0.938. The predicted molar refractivity (Wildman–Crippen MR) is 78.2 cm³/mol. The van der Waals surface area contributed by atoms with Crippen LogP contribution in [0.25, 0.3) is 0 Å². The Labute approximate surface area is 123 Å². The van der Waals surface area contributed by atoms with Crippen LogP contribution in [0.2, 0.25) is 0 Å². The van der Waals surface area contributed by atoms with Gasteiger partial charge in [-0.2, -0.15) is 0 Å². The molecule has 0 aliphatic heterocycles. The van der Waals surface area contributed by atoms with Crippen molar-refractivity contribution in [2.45, 2.75) is 54.3 Å². The third kappa shape index (κ3) is 3.95. The number of ether oxygens (including phenoxy) is 3. The Hall–Kier alpha value is -0.610. The van der Waals surface area contributed by atoms with Gasteiger partial charge in [-0.3, -0.25) is 4.79 Å². The van der Waals surface area contributed by atoms with Crippen LogP contribution in [-0.4, -0.2) is 32.1 Å². The summed E-state index contributed by atoms with van der Waals surface area (Å²) >= 11 is 0. The molecule has 0 bridgehead atoms. The normalized spacial score (nSPS) is 27.5. The van der Waals surface area contributed by atoms with Crippen LogP contribution in [0.5, 0.6) is 0 Å². The summed E-state index contributed by atoms with van der Waals surface area (Å²) in [6.45, 7) is 14.0. The molecule has 4 unspecified atom stereocenters. The second kappa shape index (κ2) is 7.41. The average Bonchev–Trinajstić information content (AvgIpc) is 2.37. The number of rotatable bonds is 8. The summed E-state index contributed by atoms with van der Waals surface area (Å²) < 4.78 is 16.2. The summed E-state index contributed by atoms with van der Waals surface area (Å²) in [7, 11) is 0. The number of carbonyl (C=O) groups is 1. The molecule has 0 aromatic heterocycles. The smallest absolute Gasteiger partial charge is 0.308 e. The Morgan fingerprint density at radius 1 is 1.20 bits per heavy atom. The predicted octanol–water partition coefficient (Wildman–Crippen LogP) is 3.25. The molecule has 4 nitrogen and oxygen atoms in total. The first-order valence-electron chi connectivity index (χ1n) is 7.74. The highest BCUT2D eigenvalue weighted by Gasteiger charge is 2.51. The van der Waals surface area contributed by atoms with Gasteiger partial charge in [-0.05, 0) is 44.4 Å². The Kier molecular flexibility index (Phi) is 6.46. The van der Waals surface area contributed by atoms with Crippen molar-refractivity contribution in [3.8, 4) is 0 Å². The first kappa shape index (κ1) is 17.4. The van der Waals surface area contributed by atoms with Crippen LogP contribution in [0.15, 0.2) is 0 Å². The molecule has 0 aromatic rings. The molecule has 0 spiro atoms. The third-order valence-electron chi connectivity index (χ3n) is 4.74. The largest absolute Gasteiger partial charge is 0.466 e. The van der Waals surface area contributed by atoms with E-state index in [2.05, 4.69) is 13.8 Å². The summed E-state index contributed by atoms with van der Waals surface area (Å²) in [6.07, 6.45) is 0.864. The van der Waals surface area contributed by atoms with Crippen molar-refractivity contribution in [2.75, 3.05) is 19.8 Å². The fourth-order valence-electron chi connectivity index (χ4n) is 3.16. The van der Waals surface area contributed by atoms with Crippen LogP contribution in [0, 0.1) is 23.2 Å². The Morgan fingerprint density at radius 3 is 2.35 bits per heavy atom. The zero-order valence-electron chi connectivity index (χ0n) is 13.8. The van der Waals surface area contributed by atoms with E-state index >= 15 is 0 Å². The monoisotopic (exact) mass is 286 g/mol. The van der Waals surface area contributed by atoms with Crippen molar-refractivity contribution in [3.05, 3.63) is 0 Å². The lowest BCUT2D eigenvalue weighted by Crippen LogP contribution is -2.51. The van der Waals surface area contributed by atoms with Gasteiger partial charge in [-0.15, -0.1) is 0 Å². The number of hydrogen-bond donors (Lipinski definition) is 0. The van der Waals surface area contributed by atoms with Crippen LogP contribution >= 0.6 is 0 Å². The molecule has 0 radical (unpaired) electrons. The maximum atomic E-state index is 11.8. The number of hydrogen-bond acceptors (Lipinski definition) is 4. The molecule has 0 heterocycles. The lowest BCUT2D eigenvalue weighted by Gasteiger charge is -2.54. The van der Waals surface area contributed by atoms with Gasteiger partial charge < -0.3 is 14.2 Å². The van der Waals surface area contributed by atoms with Gasteiger partial charge in [-0.1, -0.05) is 20.8 Å². The molecule has 1 fully saturated rings. The molecule has 4 atom stereocenters. The molecule has 4 heteroatoms. The zero-order valence-corrected chi connectivity index (χ0v) is 13.8. The van der Waals surface area contributed by atoms with Gasteiger partial charge >= 0.3 is 5.97 Å². The van der Waals surface area contributed by atoms with Gasteiger partial charge in [0.05, 0.1) is 19.1 Å². The molecule has 1 saturated carbocycles. The summed E-state index contributed by atoms with van der Waals surface area (Å²) in [5.74, 6) is 0.739. The molecule has 1 aliphatic carbocycles. The van der Waals surface area contributed by atoms with E-state index in [0.717, 1.165) is 6.42 Å². The standard InChI is InChI=1S/C16H30O4/c1-7-18-12(4)20-10-13-9-14(16(13,5)6)11(3)15(17)19-8-2/h11-14H,7-10H2,1-6H3. The minimum atomic E-state index is -0.155. The van der Waals surface area contributed by atoms with Crippen LogP contribution in [0.4, 0.5) is 0 Å². The summed E-state index contributed by atoms with van der Waals surface area (Å²) in [5.41, 5.74) is 0.109. The topological polar surface area (TPSA) is 44.8 Å². The zero-order chi connectivity index (χ0) is 15.3. The van der Waals surface area contributed by atoms with Crippen LogP contribution in [0.3, 0.4) is 0 Å². The molecule has 0 aromatic carbocycles. The van der Waals surface area contributed by atoms with Gasteiger partial charge in [0.2, 0.25) is 0 Å². The van der Waals surface area contributed by atoms with E-state index < -0.39 is 0 Å². The average molecular weight is 286 g/mol. The molecule has 1 rings (SSSR count). The SMILES string of the molecule is CCOC(=O)C(C)C1CC(COC(C)OCC)C1(C)C. The Morgan fingerprint density at radius 2 is 1.85 bits per heavy atom. The second-order valence-electron chi connectivity index (χ2n) is 6.26. The van der Waals surface area contributed by atoms with E-state index in [1.165, 1.54) is 0 Å². The molecule has 0 saturated heterocycles. The minimum Gasteiger partial charge on any atom is -0.466 e. The molecule has 20 heavy (non-hydrogen) atoms. The van der Waals surface area contributed by atoms with Crippen LogP contribution in [-0.2, 0) is 19.0 Å². The van der Waals surface area contributed by atoms with E-state index in [1.807, 2.05) is 27.7 Å². The Bertz CT molecular complexity index is 314. The van der Waals surface area contributed by atoms with Crippen molar-refractivity contribution < 1.29 is 19.0 Å². The molecule has 0 N–H and O–H groups in total. The third-order valence-corrected chi connectivity index (χ3v) is 4.74. The minimum absolute atomic E-state index is 0.0366. The molecule has 0 amide bonds. The summed E-state index contributed by atoms with van der Waals surface area (Å²) in [6, 6.07) is 0. The van der Waals surface area contributed by atoms with Gasteiger partial charge in [-0.25, -0.2) is 0 Å². The molecular formula is C16H30O4. The highest BCUT2D eigenvalue weighted by molar-refractivity contribution is 5.72. The first-order valence-corrected chi connectivity index (χ1v) is 7.74. The molecule has 1 aliphatic rings. The Balaban J connectivity index is 2.44. The van der Waals surface area contributed by atoms with Gasteiger partial charge in [0.25, 0.3) is 0 Å². The van der Waals surface area contributed by atoms with Crippen molar-refractivity contribution in [2.24, 2.45) is 23.2 Å². The van der Waals surface area contributed by atoms with E-state index in [1.54, 1.807) is 0 Å². The van der Waals surface area contributed by atoms with E-state index in [-0.39, 0.29) is 23.6 Å². The van der Waals surface area contributed by atoms with Crippen molar-refractivity contribution in [3.63, 3.8) is 0 Å². The number of carbonyl (C=O) groups excluding carboxylic acids is 1. The fourth-order valence-corrected chi connectivity index (χ4v) is 3.16. The van der Waals surface area contributed by atoms with E-state index in [9.17, 15) is 4.79 Å². The summed E-state index contributed by atoms with van der Waals surface area (Å²) in [4.78, 5) is 11.8. The lowest BCUT2D eigenvalue weighted by atomic mass is 9.51. The van der Waals surface area contributed by atoms with Gasteiger partial charge in [0.1, 0.15) is 0 Å².